The molecule has 1 unspecified atom stereocenters. The summed E-state index contributed by atoms with van der Waals surface area (Å²) in [6.07, 6.45) is 2.40. The molecule has 0 bridgehead atoms. The highest BCUT2D eigenvalue weighted by Gasteiger charge is 2.41. The minimum absolute atomic E-state index is 0.0564. The molecule has 1 saturated carbocycles. The first-order valence-electron chi connectivity index (χ1n) is 11.4. The molecule has 1 aliphatic carbocycles. The number of anilines is 1. The van der Waals surface area contributed by atoms with Crippen molar-refractivity contribution in [1.29, 1.82) is 0 Å². The largest absolute Gasteiger partial charge is 0.417 e. The maximum Gasteiger partial charge on any atom is 0.417 e. The second-order valence-electron chi connectivity index (χ2n) is 9.33. The van der Waals surface area contributed by atoms with Crippen molar-refractivity contribution >= 4 is 5.82 Å². The maximum absolute atomic E-state index is 13.3. The van der Waals surface area contributed by atoms with Crippen molar-refractivity contribution in [2.75, 3.05) is 38.2 Å². The van der Waals surface area contributed by atoms with E-state index < -0.39 is 11.7 Å². The van der Waals surface area contributed by atoms with Gasteiger partial charge in [0.15, 0.2) is 0 Å². The fourth-order valence-corrected chi connectivity index (χ4v) is 5.57. The second kappa shape index (κ2) is 8.94. The van der Waals surface area contributed by atoms with Crippen LogP contribution in [0.2, 0.25) is 0 Å². The van der Waals surface area contributed by atoms with Crippen LogP contribution in [0.5, 0.6) is 0 Å². The number of halogens is 3. The molecule has 3 atom stereocenters. The third kappa shape index (κ3) is 4.73. The number of nitrogens with one attached hydrogen (secondary N) is 1. The molecule has 2 aromatic heterocycles. The molecule has 172 valence electrons. The van der Waals surface area contributed by atoms with Crippen molar-refractivity contribution in [3.05, 3.63) is 36.2 Å². The Hall–Kier alpha value is -2.26. The van der Waals surface area contributed by atoms with Crippen LogP contribution in [-0.4, -0.2) is 59.0 Å². The predicted octanol–water partition coefficient (Wildman–Crippen LogP) is 4.11. The Bertz CT molecular complexity index is 903. The summed E-state index contributed by atoms with van der Waals surface area (Å²) in [6.45, 7) is 5.30. The van der Waals surface area contributed by atoms with Crippen LogP contribution in [0.4, 0.5) is 19.0 Å². The van der Waals surface area contributed by atoms with Gasteiger partial charge in [0.05, 0.1) is 11.3 Å². The molecule has 1 N–H and O–H groups in total. The molecule has 9 heteroatoms. The van der Waals surface area contributed by atoms with Crippen LogP contribution in [0, 0.1) is 17.8 Å². The zero-order valence-electron chi connectivity index (χ0n) is 17.9. The molecule has 3 aliphatic rings. The standard InChI is InChI=1S/C23H28F3N5O/c24-23(25,26)20-3-6-27-11-19(20)21-1-2-22(30-29-21)28-18-9-16-13-31(14-17(16)10-18)12-15-4-7-32-8-5-15/h1-3,6,11,15-18H,4-5,7-10,12-14H2,(H,28,30)/t16-,17+,18?. The van der Waals surface area contributed by atoms with E-state index in [2.05, 4.69) is 25.4 Å². The molecule has 0 amide bonds. The molecule has 0 radical (unpaired) electrons. The fraction of sp³-hybridized carbons (Fsp3) is 0.609. The number of hydrogen-bond donors (Lipinski definition) is 1. The number of likely N-dealkylation sites (tertiary alicyclic amines) is 1. The average Bonchev–Trinajstić information content (AvgIpc) is 3.32. The lowest BCUT2D eigenvalue weighted by molar-refractivity contribution is -0.137. The minimum atomic E-state index is -4.46. The van der Waals surface area contributed by atoms with Crippen molar-refractivity contribution in [2.45, 2.75) is 37.9 Å². The molecule has 2 aliphatic heterocycles. The molecule has 2 aromatic rings. The van der Waals surface area contributed by atoms with Crippen molar-refractivity contribution in [1.82, 2.24) is 20.1 Å². The Morgan fingerprint density at radius 1 is 1.03 bits per heavy atom. The normalized spacial score (nSPS) is 26.9. The van der Waals surface area contributed by atoms with Gasteiger partial charge in [-0.1, -0.05) is 0 Å². The zero-order chi connectivity index (χ0) is 22.1. The highest BCUT2D eigenvalue weighted by Crippen LogP contribution is 2.40. The van der Waals surface area contributed by atoms with Gasteiger partial charge in [0.25, 0.3) is 0 Å². The lowest BCUT2D eigenvalue weighted by atomic mass is 10.00. The van der Waals surface area contributed by atoms with Gasteiger partial charge >= 0.3 is 6.18 Å². The summed E-state index contributed by atoms with van der Waals surface area (Å²) >= 11 is 0. The van der Waals surface area contributed by atoms with Crippen LogP contribution in [0.3, 0.4) is 0 Å². The summed E-state index contributed by atoms with van der Waals surface area (Å²) in [6, 6.07) is 4.58. The van der Waals surface area contributed by atoms with Gasteiger partial charge in [-0.25, -0.2) is 0 Å². The number of nitrogens with zero attached hydrogens (tertiary/aromatic N) is 4. The summed E-state index contributed by atoms with van der Waals surface area (Å²) in [5.74, 6) is 2.77. The topological polar surface area (TPSA) is 63.2 Å². The number of hydrogen-bond acceptors (Lipinski definition) is 6. The van der Waals surface area contributed by atoms with Gasteiger partial charge in [0, 0.05) is 56.8 Å². The Balaban J connectivity index is 1.16. The average molecular weight is 448 g/mol. The van der Waals surface area contributed by atoms with Gasteiger partial charge < -0.3 is 15.0 Å². The van der Waals surface area contributed by atoms with Crippen LogP contribution in [0.15, 0.2) is 30.6 Å². The van der Waals surface area contributed by atoms with Crippen LogP contribution < -0.4 is 5.32 Å². The Labute approximate surface area is 185 Å². The number of fused-ring (bicyclic) bond motifs is 1. The van der Waals surface area contributed by atoms with Gasteiger partial charge in [0.2, 0.25) is 0 Å². The second-order valence-corrected chi connectivity index (χ2v) is 9.33. The number of aromatic nitrogens is 3. The van der Waals surface area contributed by atoms with Gasteiger partial charge in [-0.15, -0.1) is 10.2 Å². The van der Waals surface area contributed by atoms with E-state index in [-0.39, 0.29) is 11.3 Å². The molecule has 5 rings (SSSR count). The van der Waals surface area contributed by atoms with Crippen LogP contribution in [0.25, 0.3) is 11.3 Å². The highest BCUT2D eigenvalue weighted by molar-refractivity contribution is 5.63. The van der Waals surface area contributed by atoms with Crippen LogP contribution in [-0.2, 0) is 10.9 Å². The molecular weight excluding hydrogens is 419 g/mol. The first-order valence-corrected chi connectivity index (χ1v) is 11.4. The van der Waals surface area contributed by atoms with Crippen LogP contribution in [0.1, 0.15) is 31.2 Å². The van der Waals surface area contributed by atoms with E-state index in [1.807, 2.05) is 0 Å². The first kappa shape index (κ1) is 21.6. The number of pyridine rings is 1. The van der Waals surface area contributed by atoms with Crippen molar-refractivity contribution in [3.8, 4) is 11.3 Å². The summed E-state index contributed by atoms with van der Waals surface area (Å²) in [4.78, 5) is 6.45. The van der Waals surface area contributed by atoms with Gasteiger partial charge in [-0.05, 0) is 61.6 Å². The van der Waals surface area contributed by atoms with Gasteiger partial charge in [0.1, 0.15) is 5.82 Å². The molecule has 6 nitrogen and oxygen atoms in total. The zero-order valence-corrected chi connectivity index (χ0v) is 17.9. The molecule has 0 spiro atoms. The van der Waals surface area contributed by atoms with Crippen LogP contribution >= 0.6 is 0 Å². The SMILES string of the molecule is FC(F)(F)c1ccncc1-c1ccc(NC2C[C@@H]3CN(CC4CCOCC4)C[C@@H]3C2)nn1. The van der Waals surface area contributed by atoms with Gasteiger partial charge in [-0.3, -0.25) is 4.98 Å². The molecule has 2 saturated heterocycles. The summed E-state index contributed by atoms with van der Waals surface area (Å²) in [5, 5.41) is 11.6. The molecular formula is C23H28F3N5O. The van der Waals surface area contributed by atoms with Gasteiger partial charge in [-0.2, -0.15) is 13.2 Å². The van der Waals surface area contributed by atoms with E-state index in [0.29, 0.717) is 23.7 Å². The van der Waals surface area contributed by atoms with Crippen molar-refractivity contribution < 1.29 is 17.9 Å². The molecule has 4 heterocycles. The van der Waals surface area contributed by atoms with E-state index in [9.17, 15) is 13.2 Å². The molecule has 0 aromatic carbocycles. The highest BCUT2D eigenvalue weighted by atomic mass is 19.4. The monoisotopic (exact) mass is 447 g/mol. The summed E-state index contributed by atoms with van der Waals surface area (Å²) < 4.78 is 45.2. The van der Waals surface area contributed by atoms with Crippen molar-refractivity contribution in [2.24, 2.45) is 17.8 Å². The van der Waals surface area contributed by atoms with E-state index in [0.717, 1.165) is 57.3 Å². The third-order valence-corrected chi connectivity index (χ3v) is 7.10. The Kier molecular flexibility index (Phi) is 6.03. The predicted molar refractivity (Wildman–Crippen MR) is 114 cm³/mol. The smallest absolute Gasteiger partial charge is 0.381 e. The van der Waals surface area contributed by atoms with E-state index in [1.165, 1.54) is 25.6 Å². The summed E-state index contributed by atoms with van der Waals surface area (Å²) in [7, 11) is 0. The first-order chi connectivity index (χ1) is 15.5. The van der Waals surface area contributed by atoms with E-state index in [1.54, 1.807) is 12.1 Å². The third-order valence-electron chi connectivity index (χ3n) is 7.10. The summed E-state index contributed by atoms with van der Waals surface area (Å²) in [5.41, 5.74) is -0.640. The maximum atomic E-state index is 13.3. The van der Waals surface area contributed by atoms with E-state index >= 15 is 0 Å². The quantitative estimate of drug-likeness (QED) is 0.745. The number of ether oxygens (including phenoxy) is 1. The molecule has 32 heavy (non-hydrogen) atoms. The Morgan fingerprint density at radius 3 is 2.44 bits per heavy atom. The molecule has 3 fully saturated rings. The number of alkyl halides is 3. The Morgan fingerprint density at radius 2 is 1.78 bits per heavy atom. The number of rotatable bonds is 5. The minimum Gasteiger partial charge on any atom is -0.381 e. The van der Waals surface area contributed by atoms with E-state index in [4.69, 9.17) is 4.74 Å². The fourth-order valence-electron chi connectivity index (χ4n) is 5.57. The lowest BCUT2D eigenvalue weighted by Crippen LogP contribution is -2.32. The lowest BCUT2D eigenvalue weighted by Gasteiger charge is -2.27. The van der Waals surface area contributed by atoms with Crippen molar-refractivity contribution in [3.63, 3.8) is 0 Å².